The van der Waals surface area contributed by atoms with Crippen LogP contribution in [0, 0.1) is 0 Å². The molecule has 1 aromatic carbocycles. The van der Waals surface area contributed by atoms with Crippen molar-refractivity contribution in [3.05, 3.63) is 42.0 Å². The largest absolute Gasteiger partial charge is 0.383 e. The Hall–Kier alpha value is -1.85. The molecule has 0 aromatic heterocycles. The molecule has 24 heavy (non-hydrogen) atoms. The van der Waals surface area contributed by atoms with Gasteiger partial charge in [0.1, 0.15) is 0 Å². The predicted octanol–water partition coefficient (Wildman–Crippen LogP) is 1.93. The van der Waals surface area contributed by atoms with Crippen LogP contribution in [0.3, 0.4) is 0 Å². The van der Waals surface area contributed by atoms with Crippen LogP contribution in [0.25, 0.3) is 6.08 Å². The maximum absolute atomic E-state index is 5.09. The standard InChI is InChI=1S/C19H30N4O/c1-3-20-19(21-11-17-24-2)23-15-13-22(14-16-23)12-7-10-18-8-5-4-6-9-18/h4-10H,3,11-17H2,1-2H3,(H,20,21)/b10-7+. The topological polar surface area (TPSA) is 40.1 Å². The van der Waals surface area contributed by atoms with E-state index in [2.05, 4.69) is 63.5 Å². The third kappa shape index (κ3) is 6.34. The Morgan fingerprint density at radius 3 is 2.62 bits per heavy atom. The molecule has 0 radical (unpaired) electrons. The Labute approximate surface area is 146 Å². The highest BCUT2D eigenvalue weighted by Gasteiger charge is 2.18. The average molecular weight is 330 g/mol. The Kier molecular flexibility index (Phi) is 8.35. The van der Waals surface area contributed by atoms with Gasteiger partial charge in [0.2, 0.25) is 0 Å². The van der Waals surface area contributed by atoms with E-state index in [1.807, 2.05) is 6.07 Å². The van der Waals surface area contributed by atoms with Crippen LogP contribution in [0.4, 0.5) is 0 Å². The summed E-state index contributed by atoms with van der Waals surface area (Å²) in [5.41, 5.74) is 1.26. The van der Waals surface area contributed by atoms with Gasteiger partial charge < -0.3 is 15.0 Å². The van der Waals surface area contributed by atoms with E-state index in [4.69, 9.17) is 4.74 Å². The normalized spacial score (nSPS) is 16.8. The molecule has 132 valence electrons. The van der Waals surface area contributed by atoms with Crippen LogP contribution in [-0.4, -0.2) is 75.3 Å². The quantitative estimate of drug-likeness (QED) is 0.471. The fraction of sp³-hybridized carbons (Fsp3) is 0.526. The molecule has 1 fully saturated rings. The van der Waals surface area contributed by atoms with E-state index < -0.39 is 0 Å². The first-order chi connectivity index (χ1) is 11.8. The number of rotatable bonds is 7. The van der Waals surface area contributed by atoms with Crippen molar-refractivity contribution in [3.8, 4) is 0 Å². The first-order valence-electron chi connectivity index (χ1n) is 8.79. The van der Waals surface area contributed by atoms with Gasteiger partial charge in [-0.25, -0.2) is 0 Å². The van der Waals surface area contributed by atoms with Crippen molar-refractivity contribution < 1.29 is 4.74 Å². The molecule has 0 spiro atoms. The number of piperazine rings is 1. The summed E-state index contributed by atoms with van der Waals surface area (Å²) < 4.78 is 5.09. The molecule has 1 N–H and O–H groups in total. The number of ether oxygens (including phenoxy) is 1. The number of guanidine groups is 1. The molecule has 5 heteroatoms. The SMILES string of the molecule is CCNC(=NCCOC)N1CCN(C/C=C/c2ccccc2)CC1. The molecule has 5 nitrogen and oxygen atoms in total. The number of nitrogens with one attached hydrogen (secondary N) is 1. The molecule has 0 atom stereocenters. The van der Waals surface area contributed by atoms with Crippen molar-refractivity contribution in [3.63, 3.8) is 0 Å². The van der Waals surface area contributed by atoms with E-state index in [1.165, 1.54) is 5.56 Å². The second-order valence-corrected chi connectivity index (χ2v) is 5.83. The van der Waals surface area contributed by atoms with Crippen LogP contribution in [0.2, 0.25) is 0 Å². The summed E-state index contributed by atoms with van der Waals surface area (Å²) in [7, 11) is 1.71. The molecule has 1 aliphatic rings. The second kappa shape index (κ2) is 10.8. The van der Waals surface area contributed by atoms with E-state index >= 15 is 0 Å². The van der Waals surface area contributed by atoms with Gasteiger partial charge in [0.05, 0.1) is 13.2 Å². The van der Waals surface area contributed by atoms with E-state index in [0.29, 0.717) is 13.2 Å². The molecule has 1 heterocycles. The summed E-state index contributed by atoms with van der Waals surface area (Å²) in [6.07, 6.45) is 4.45. The number of aliphatic imine (C=N–C) groups is 1. The van der Waals surface area contributed by atoms with Gasteiger partial charge in [-0.1, -0.05) is 42.5 Å². The number of hydrogen-bond acceptors (Lipinski definition) is 3. The number of benzene rings is 1. The minimum absolute atomic E-state index is 0.666. The zero-order chi connectivity index (χ0) is 17.0. The lowest BCUT2D eigenvalue weighted by molar-refractivity contribution is 0.192. The summed E-state index contributed by atoms with van der Waals surface area (Å²) in [4.78, 5) is 9.45. The minimum Gasteiger partial charge on any atom is -0.383 e. The average Bonchev–Trinajstić information content (AvgIpc) is 2.63. The molecule has 1 aromatic rings. The summed E-state index contributed by atoms with van der Waals surface area (Å²) in [6.45, 7) is 9.53. The molecular weight excluding hydrogens is 300 g/mol. The van der Waals surface area contributed by atoms with Crippen LogP contribution in [0.1, 0.15) is 12.5 Å². The Balaban J connectivity index is 1.77. The van der Waals surface area contributed by atoms with Gasteiger partial charge in [-0.05, 0) is 12.5 Å². The summed E-state index contributed by atoms with van der Waals surface area (Å²) in [5, 5.41) is 3.38. The van der Waals surface area contributed by atoms with Crippen LogP contribution in [0.5, 0.6) is 0 Å². The van der Waals surface area contributed by atoms with Crippen molar-refractivity contribution in [2.75, 3.05) is 59.5 Å². The lowest BCUT2D eigenvalue weighted by atomic mass is 10.2. The van der Waals surface area contributed by atoms with E-state index in [1.54, 1.807) is 7.11 Å². The first kappa shape index (κ1) is 18.5. The van der Waals surface area contributed by atoms with Crippen LogP contribution in [0.15, 0.2) is 41.4 Å². The highest BCUT2D eigenvalue weighted by Crippen LogP contribution is 2.05. The van der Waals surface area contributed by atoms with Gasteiger partial charge >= 0.3 is 0 Å². The van der Waals surface area contributed by atoms with Gasteiger partial charge in [-0.15, -0.1) is 0 Å². The van der Waals surface area contributed by atoms with Gasteiger partial charge in [-0.2, -0.15) is 0 Å². The Morgan fingerprint density at radius 1 is 1.21 bits per heavy atom. The number of hydrogen-bond donors (Lipinski definition) is 1. The fourth-order valence-corrected chi connectivity index (χ4v) is 2.71. The Morgan fingerprint density at radius 2 is 1.96 bits per heavy atom. The van der Waals surface area contributed by atoms with Crippen molar-refractivity contribution in [2.24, 2.45) is 4.99 Å². The zero-order valence-electron chi connectivity index (χ0n) is 14.9. The number of methoxy groups -OCH3 is 1. The highest BCUT2D eigenvalue weighted by atomic mass is 16.5. The van der Waals surface area contributed by atoms with Crippen LogP contribution >= 0.6 is 0 Å². The first-order valence-corrected chi connectivity index (χ1v) is 8.79. The number of nitrogens with zero attached hydrogens (tertiary/aromatic N) is 3. The van der Waals surface area contributed by atoms with Crippen LogP contribution in [-0.2, 0) is 4.74 Å². The molecule has 1 saturated heterocycles. The highest BCUT2D eigenvalue weighted by molar-refractivity contribution is 5.80. The van der Waals surface area contributed by atoms with Gasteiger partial charge in [-0.3, -0.25) is 9.89 Å². The van der Waals surface area contributed by atoms with E-state index in [0.717, 1.165) is 45.2 Å². The molecule has 0 aliphatic carbocycles. The third-order valence-electron chi connectivity index (χ3n) is 4.04. The molecule has 0 saturated carbocycles. The molecular formula is C19H30N4O. The molecule has 0 unspecified atom stereocenters. The zero-order valence-corrected chi connectivity index (χ0v) is 14.9. The second-order valence-electron chi connectivity index (χ2n) is 5.83. The van der Waals surface area contributed by atoms with Crippen molar-refractivity contribution >= 4 is 12.0 Å². The molecule has 0 bridgehead atoms. The lowest BCUT2D eigenvalue weighted by Crippen LogP contribution is -2.52. The van der Waals surface area contributed by atoms with E-state index in [-0.39, 0.29) is 0 Å². The lowest BCUT2D eigenvalue weighted by Gasteiger charge is -2.36. The molecule has 1 aliphatic heterocycles. The van der Waals surface area contributed by atoms with Gasteiger partial charge in [0, 0.05) is 46.4 Å². The molecule has 0 amide bonds. The molecule has 2 rings (SSSR count). The Bertz CT molecular complexity index is 507. The van der Waals surface area contributed by atoms with Gasteiger partial charge in [0.25, 0.3) is 0 Å². The summed E-state index contributed by atoms with van der Waals surface area (Å²) >= 11 is 0. The summed E-state index contributed by atoms with van der Waals surface area (Å²) in [6, 6.07) is 10.5. The minimum atomic E-state index is 0.666. The predicted molar refractivity (Wildman–Crippen MR) is 101 cm³/mol. The monoisotopic (exact) mass is 330 g/mol. The third-order valence-corrected chi connectivity index (χ3v) is 4.04. The van der Waals surface area contributed by atoms with Crippen molar-refractivity contribution in [1.82, 2.24) is 15.1 Å². The van der Waals surface area contributed by atoms with E-state index in [9.17, 15) is 0 Å². The maximum atomic E-state index is 5.09. The van der Waals surface area contributed by atoms with Crippen LogP contribution < -0.4 is 5.32 Å². The smallest absolute Gasteiger partial charge is 0.194 e. The summed E-state index contributed by atoms with van der Waals surface area (Å²) in [5.74, 6) is 1.01. The van der Waals surface area contributed by atoms with Gasteiger partial charge in [0.15, 0.2) is 5.96 Å². The van der Waals surface area contributed by atoms with Crippen molar-refractivity contribution in [2.45, 2.75) is 6.92 Å². The fourth-order valence-electron chi connectivity index (χ4n) is 2.71. The maximum Gasteiger partial charge on any atom is 0.194 e. The van der Waals surface area contributed by atoms with Crippen molar-refractivity contribution in [1.29, 1.82) is 0 Å².